The number of nitrogens with one attached hydrogen (secondary N) is 1. The molecule has 0 aliphatic rings. The number of carboxylic acid groups (broad SMARTS) is 1. The Morgan fingerprint density at radius 3 is 1.56 bits per heavy atom. The topological polar surface area (TPSA) is 169 Å². The maximum absolute atomic E-state index is 12.3. The fraction of sp³-hybridized carbons (Fsp3) is 0.622. The molecule has 0 saturated carbocycles. The molecule has 0 fully saturated rings. The molecule has 11 nitrogen and oxygen atoms in total. The lowest BCUT2D eigenvalue weighted by atomic mass is 10.1. The van der Waals surface area contributed by atoms with Crippen molar-refractivity contribution >= 4 is 25.7 Å². The smallest absolute Gasteiger partial charge is 0.472 e. The van der Waals surface area contributed by atoms with Crippen LogP contribution < -0.4 is 5.32 Å². The molecule has 0 aromatic heterocycles. The van der Waals surface area contributed by atoms with Crippen LogP contribution in [0.1, 0.15) is 149 Å². The Morgan fingerprint density at radius 2 is 1.02 bits per heavy atom. The number of carboxylic acids is 1. The molecule has 0 bridgehead atoms. The predicted molar refractivity (Wildman–Crippen MR) is 231 cm³/mol. The van der Waals surface area contributed by atoms with Gasteiger partial charge >= 0.3 is 19.8 Å². The highest BCUT2D eigenvalue weighted by molar-refractivity contribution is 7.47. The Balaban J connectivity index is 4.04. The zero-order valence-electron chi connectivity index (χ0n) is 34.9. The molecule has 3 atom stereocenters. The molecule has 0 rings (SSSR count). The molecule has 4 N–H and O–H groups in total. The number of rotatable bonds is 38. The molecular weight excluding hydrogens is 745 g/mol. The zero-order chi connectivity index (χ0) is 42.1. The van der Waals surface area contributed by atoms with Gasteiger partial charge in [-0.1, -0.05) is 131 Å². The number of aliphatic hydroxyl groups is 1. The number of aliphatic carboxylic acids is 1. The van der Waals surface area contributed by atoms with E-state index in [0.717, 1.165) is 89.9 Å². The Labute approximate surface area is 343 Å². The molecule has 0 aliphatic heterocycles. The number of phosphoric ester groups is 1. The monoisotopic (exact) mass is 820 g/mol. The SMILES string of the molecule is CC/C=C\C/C=C\C/C=C\C/C=C\C/C=C\C/C=C\CCCCC(=O)NC(COP(=O)(O)OCC(O)COC(=O)CCCCCCC/C=C\CCCCC)C(=O)O. The third kappa shape index (κ3) is 39.3. The van der Waals surface area contributed by atoms with Gasteiger partial charge in [-0.25, -0.2) is 9.36 Å². The average Bonchev–Trinajstić information content (AvgIpc) is 3.18. The molecular formula is C45H74NO10P. The summed E-state index contributed by atoms with van der Waals surface area (Å²) in [4.78, 5) is 45.8. The van der Waals surface area contributed by atoms with Crippen LogP contribution in [0.15, 0.2) is 85.1 Å². The van der Waals surface area contributed by atoms with Gasteiger partial charge in [0.2, 0.25) is 5.91 Å². The van der Waals surface area contributed by atoms with Crippen LogP contribution in [0.5, 0.6) is 0 Å². The first kappa shape index (κ1) is 53.7. The summed E-state index contributed by atoms with van der Waals surface area (Å²) in [6, 6.07) is -1.58. The number of hydrogen-bond acceptors (Lipinski definition) is 8. The number of esters is 1. The standard InChI is InChI=1S/C45H74NO10P/c1-3-5-7-9-11-13-15-17-18-19-20-21-22-23-24-25-26-28-30-32-34-36-43(48)46-42(45(50)51)40-56-57(52,53)55-39-41(47)38-54-44(49)37-35-33-31-29-27-16-14-12-10-8-6-4-2/h5,7,11-14,17-18,20-21,23-24,26,28,41-42,47H,3-4,6,8-10,15-16,19,22,25,27,29-40H2,1-2H3,(H,46,48)(H,50,51)(H,52,53)/b7-5-,13-11-,14-12-,18-17-,21-20-,24-23-,28-26-. The van der Waals surface area contributed by atoms with Crippen molar-refractivity contribution in [2.24, 2.45) is 0 Å². The van der Waals surface area contributed by atoms with Gasteiger partial charge in [0.15, 0.2) is 6.04 Å². The van der Waals surface area contributed by atoms with Crippen molar-refractivity contribution in [3.8, 4) is 0 Å². The molecule has 0 saturated heterocycles. The van der Waals surface area contributed by atoms with E-state index in [1.807, 2.05) is 6.08 Å². The minimum atomic E-state index is -4.77. The predicted octanol–water partition coefficient (Wildman–Crippen LogP) is 10.7. The minimum absolute atomic E-state index is 0.0850. The van der Waals surface area contributed by atoms with E-state index >= 15 is 0 Å². The highest BCUT2D eigenvalue weighted by Gasteiger charge is 2.28. The van der Waals surface area contributed by atoms with Crippen LogP contribution in [0, 0.1) is 0 Å². The van der Waals surface area contributed by atoms with Gasteiger partial charge < -0.3 is 25.2 Å². The summed E-state index contributed by atoms with van der Waals surface area (Å²) in [7, 11) is -4.77. The molecule has 0 radical (unpaired) electrons. The van der Waals surface area contributed by atoms with E-state index in [0.29, 0.717) is 12.8 Å². The van der Waals surface area contributed by atoms with Crippen molar-refractivity contribution in [1.29, 1.82) is 0 Å². The summed E-state index contributed by atoms with van der Waals surface area (Å²) < 4.78 is 26.8. The van der Waals surface area contributed by atoms with Crippen molar-refractivity contribution in [3.05, 3.63) is 85.1 Å². The quantitative estimate of drug-likeness (QED) is 0.0204. The number of amides is 1. The molecule has 0 spiro atoms. The van der Waals surface area contributed by atoms with Gasteiger partial charge in [-0.15, -0.1) is 0 Å². The summed E-state index contributed by atoms with van der Waals surface area (Å²) in [6.45, 7) is 2.39. The van der Waals surface area contributed by atoms with Crippen LogP contribution >= 0.6 is 7.82 Å². The number of hydrogen-bond donors (Lipinski definition) is 4. The molecule has 0 aromatic rings. The largest absolute Gasteiger partial charge is 0.480 e. The van der Waals surface area contributed by atoms with E-state index in [1.165, 1.54) is 19.3 Å². The summed E-state index contributed by atoms with van der Waals surface area (Å²) >= 11 is 0. The number of allylic oxidation sites excluding steroid dienone is 14. The first-order valence-corrected chi connectivity index (χ1v) is 22.6. The number of carbonyl (C=O) groups excluding carboxylic acids is 2. The molecule has 3 unspecified atom stereocenters. The molecule has 324 valence electrons. The maximum atomic E-state index is 12.3. The van der Waals surface area contributed by atoms with Gasteiger partial charge in [0, 0.05) is 12.8 Å². The van der Waals surface area contributed by atoms with Crippen molar-refractivity contribution in [2.45, 2.75) is 161 Å². The Kier molecular flexibility index (Phi) is 37.2. The second-order valence-corrected chi connectivity index (χ2v) is 15.2. The van der Waals surface area contributed by atoms with Crippen molar-refractivity contribution in [2.75, 3.05) is 19.8 Å². The normalized spacial score (nSPS) is 14.6. The summed E-state index contributed by atoms with van der Waals surface area (Å²) in [6.07, 6.45) is 47.6. The Bertz CT molecular complexity index is 1290. The minimum Gasteiger partial charge on any atom is -0.480 e. The van der Waals surface area contributed by atoms with E-state index in [1.54, 1.807) is 0 Å². The third-order valence-corrected chi connectivity index (χ3v) is 9.37. The highest BCUT2D eigenvalue weighted by atomic mass is 31.2. The summed E-state index contributed by atoms with van der Waals surface area (Å²) in [5, 5.41) is 21.8. The second kappa shape index (κ2) is 39.5. The van der Waals surface area contributed by atoms with Crippen LogP contribution in [-0.4, -0.2) is 64.9 Å². The third-order valence-electron chi connectivity index (χ3n) is 8.42. The number of aliphatic hydroxyl groups excluding tert-OH is 1. The lowest BCUT2D eigenvalue weighted by Gasteiger charge is -2.18. The van der Waals surface area contributed by atoms with Crippen molar-refractivity contribution in [1.82, 2.24) is 5.32 Å². The van der Waals surface area contributed by atoms with Crippen LogP contribution in [-0.2, 0) is 32.7 Å². The van der Waals surface area contributed by atoms with Crippen molar-refractivity contribution < 1.29 is 47.8 Å². The van der Waals surface area contributed by atoms with Crippen molar-refractivity contribution in [3.63, 3.8) is 0 Å². The van der Waals surface area contributed by atoms with Crippen LogP contribution in [0.4, 0.5) is 0 Å². The molecule has 57 heavy (non-hydrogen) atoms. The van der Waals surface area contributed by atoms with Crippen LogP contribution in [0.3, 0.4) is 0 Å². The van der Waals surface area contributed by atoms with E-state index in [-0.39, 0.29) is 12.8 Å². The lowest BCUT2D eigenvalue weighted by molar-refractivity contribution is -0.147. The van der Waals surface area contributed by atoms with Gasteiger partial charge in [-0.3, -0.25) is 18.6 Å². The van der Waals surface area contributed by atoms with Gasteiger partial charge in [0.25, 0.3) is 0 Å². The Morgan fingerprint density at radius 1 is 0.579 bits per heavy atom. The average molecular weight is 820 g/mol. The summed E-state index contributed by atoms with van der Waals surface area (Å²) in [5.74, 6) is -2.46. The van der Waals surface area contributed by atoms with Crippen LogP contribution in [0.2, 0.25) is 0 Å². The van der Waals surface area contributed by atoms with E-state index in [9.17, 15) is 34.1 Å². The first-order valence-electron chi connectivity index (χ1n) is 21.1. The molecule has 0 heterocycles. The van der Waals surface area contributed by atoms with E-state index < -0.39 is 57.6 Å². The molecule has 0 aliphatic carbocycles. The number of carbonyl (C=O) groups is 3. The van der Waals surface area contributed by atoms with Gasteiger partial charge in [-0.05, 0) is 89.9 Å². The number of phosphoric acid groups is 1. The Hall–Kier alpha value is -3.34. The van der Waals surface area contributed by atoms with Gasteiger partial charge in [0.1, 0.15) is 12.7 Å². The first-order chi connectivity index (χ1) is 27.6. The second-order valence-electron chi connectivity index (χ2n) is 13.8. The van der Waals surface area contributed by atoms with E-state index in [2.05, 4.69) is 98.2 Å². The number of unbranched alkanes of at least 4 members (excludes halogenated alkanes) is 10. The van der Waals surface area contributed by atoms with Gasteiger partial charge in [0.05, 0.1) is 13.2 Å². The lowest BCUT2D eigenvalue weighted by Crippen LogP contribution is -2.43. The molecule has 0 aromatic carbocycles. The van der Waals surface area contributed by atoms with Crippen LogP contribution in [0.25, 0.3) is 0 Å². The summed E-state index contributed by atoms with van der Waals surface area (Å²) in [5.41, 5.74) is 0. The fourth-order valence-corrected chi connectivity index (χ4v) is 5.91. The highest BCUT2D eigenvalue weighted by Crippen LogP contribution is 2.43. The maximum Gasteiger partial charge on any atom is 0.472 e. The fourth-order valence-electron chi connectivity index (χ4n) is 5.13. The van der Waals surface area contributed by atoms with E-state index in [4.69, 9.17) is 13.8 Å². The van der Waals surface area contributed by atoms with Gasteiger partial charge in [-0.2, -0.15) is 0 Å². The zero-order valence-corrected chi connectivity index (χ0v) is 35.7. The molecule has 1 amide bonds. The number of ether oxygens (including phenoxy) is 1. The molecule has 12 heteroatoms.